The molecule has 2 amide bonds. The van der Waals surface area contributed by atoms with Crippen molar-refractivity contribution in [2.24, 2.45) is 0 Å². The quantitative estimate of drug-likeness (QED) is 0.551. The SMILES string of the molecule is O=C(O)CN1C(=O)/C(=C2\C(=O)N(Cc3ccc(F)cc3Cl)c3ccccc32)SC1=S. The van der Waals surface area contributed by atoms with E-state index in [1.54, 1.807) is 24.3 Å². The number of carboxylic acid groups (broad SMARTS) is 1. The van der Waals surface area contributed by atoms with Crippen molar-refractivity contribution >= 4 is 68.9 Å². The molecule has 1 fully saturated rings. The van der Waals surface area contributed by atoms with Gasteiger partial charge in [-0.3, -0.25) is 19.3 Å². The summed E-state index contributed by atoms with van der Waals surface area (Å²) in [6, 6.07) is 10.8. The van der Waals surface area contributed by atoms with Crippen LogP contribution in [-0.4, -0.2) is 38.7 Å². The molecule has 1 N–H and O–H groups in total. The molecule has 2 aliphatic heterocycles. The lowest BCUT2D eigenvalue weighted by atomic mass is 10.1. The van der Waals surface area contributed by atoms with E-state index in [1.165, 1.54) is 23.1 Å². The van der Waals surface area contributed by atoms with E-state index in [4.69, 9.17) is 28.9 Å². The first kappa shape index (κ1) is 20.5. The van der Waals surface area contributed by atoms with Crippen LogP contribution in [0.25, 0.3) is 5.57 Å². The van der Waals surface area contributed by atoms with Crippen LogP contribution in [0.1, 0.15) is 11.1 Å². The molecular formula is C20H12ClFN2O4S2. The summed E-state index contributed by atoms with van der Waals surface area (Å²) in [4.78, 5) is 39.7. The van der Waals surface area contributed by atoms with Gasteiger partial charge in [0, 0.05) is 10.6 Å². The van der Waals surface area contributed by atoms with E-state index in [9.17, 15) is 18.8 Å². The topological polar surface area (TPSA) is 77.9 Å². The predicted molar refractivity (Wildman–Crippen MR) is 115 cm³/mol. The van der Waals surface area contributed by atoms with Gasteiger partial charge in [-0.1, -0.05) is 59.8 Å². The number of carbonyl (C=O) groups excluding carboxylic acids is 2. The van der Waals surface area contributed by atoms with Crippen LogP contribution in [0.15, 0.2) is 47.4 Å². The van der Waals surface area contributed by atoms with Crippen molar-refractivity contribution in [2.75, 3.05) is 11.4 Å². The van der Waals surface area contributed by atoms with Gasteiger partial charge in [0.1, 0.15) is 16.7 Å². The Bertz CT molecular complexity index is 1170. The van der Waals surface area contributed by atoms with Gasteiger partial charge < -0.3 is 10.0 Å². The molecule has 6 nitrogen and oxygen atoms in total. The lowest BCUT2D eigenvalue weighted by Gasteiger charge is -2.18. The fraction of sp³-hybridized carbons (Fsp3) is 0.100. The summed E-state index contributed by atoms with van der Waals surface area (Å²) >= 11 is 12.2. The third-order valence-corrected chi connectivity index (χ3v) is 6.44. The van der Waals surface area contributed by atoms with E-state index in [0.717, 1.165) is 16.7 Å². The molecule has 0 radical (unpaired) electrons. The average Bonchev–Trinajstić information content (AvgIpc) is 3.11. The number of thioether (sulfide) groups is 1. The maximum absolute atomic E-state index is 13.4. The summed E-state index contributed by atoms with van der Waals surface area (Å²) in [6.45, 7) is -0.500. The number of carboxylic acids is 1. The molecule has 2 aromatic rings. The van der Waals surface area contributed by atoms with E-state index in [2.05, 4.69) is 0 Å². The molecule has 2 aliphatic rings. The van der Waals surface area contributed by atoms with Gasteiger partial charge in [-0.05, 0) is 23.8 Å². The normalized spacial score (nSPS) is 18.4. The third-order valence-electron chi connectivity index (χ3n) is 4.64. The molecule has 4 rings (SSSR count). The second kappa shape index (κ2) is 7.82. The van der Waals surface area contributed by atoms with E-state index in [0.29, 0.717) is 16.8 Å². The van der Waals surface area contributed by atoms with Gasteiger partial charge in [0.2, 0.25) is 0 Å². The smallest absolute Gasteiger partial charge is 0.323 e. The number of hydrogen-bond donors (Lipinski definition) is 1. The number of aliphatic carboxylic acids is 1. The summed E-state index contributed by atoms with van der Waals surface area (Å²) in [5, 5.41) is 9.21. The number of thiocarbonyl (C=S) groups is 1. The Morgan fingerprint density at radius 2 is 1.87 bits per heavy atom. The molecule has 30 heavy (non-hydrogen) atoms. The standard InChI is InChI=1S/C20H12ClFN2O4S2/c21-13-7-11(22)6-5-10(13)8-23-14-4-2-1-3-12(14)16(18(23)27)17-19(28)24(9-15(25)26)20(29)30-17/h1-7H,8-9H2,(H,25,26)/b17-16+. The molecule has 0 spiro atoms. The molecule has 2 heterocycles. The molecule has 2 aromatic carbocycles. The highest BCUT2D eigenvalue weighted by atomic mass is 35.5. The Hall–Kier alpha value is -2.75. The summed E-state index contributed by atoms with van der Waals surface area (Å²) in [5.74, 6) is -2.75. The second-order valence-corrected chi connectivity index (χ2v) is 8.55. The van der Waals surface area contributed by atoms with Crippen LogP contribution in [0.4, 0.5) is 10.1 Å². The molecular weight excluding hydrogens is 451 g/mol. The van der Waals surface area contributed by atoms with Crippen LogP contribution < -0.4 is 4.90 Å². The maximum Gasteiger partial charge on any atom is 0.323 e. The Morgan fingerprint density at radius 3 is 2.57 bits per heavy atom. The highest BCUT2D eigenvalue weighted by Crippen LogP contribution is 2.45. The van der Waals surface area contributed by atoms with Crippen LogP contribution >= 0.6 is 35.6 Å². The van der Waals surface area contributed by atoms with Gasteiger partial charge in [-0.25, -0.2) is 4.39 Å². The maximum atomic E-state index is 13.4. The van der Waals surface area contributed by atoms with Gasteiger partial charge in [-0.2, -0.15) is 0 Å². The summed E-state index contributed by atoms with van der Waals surface area (Å²) in [5.41, 5.74) is 1.81. The Kier molecular flexibility index (Phi) is 5.35. The second-order valence-electron chi connectivity index (χ2n) is 6.50. The van der Waals surface area contributed by atoms with E-state index < -0.39 is 30.1 Å². The van der Waals surface area contributed by atoms with E-state index in [1.807, 2.05) is 0 Å². The highest BCUT2D eigenvalue weighted by Gasteiger charge is 2.42. The number of fused-ring (bicyclic) bond motifs is 1. The number of anilines is 1. The van der Waals surface area contributed by atoms with Crippen LogP contribution in [0.3, 0.4) is 0 Å². The number of carbonyl (C=O) groups is 3. The van der Waals surface area contributed by atoms with Gasteiger partial charge in [-0.15, -0.1) is 0 Å². The fourth-order valence-electron chi connectivity index (χ4n) is 3.30. The molecule has 152 valence electrons. The predicted octanol–water partition coefficient (Wildman–Crippen LogP) is 3.68. The molecule has 0 aromatic heterocycles. The summed E-state index contributed by atoms with van der Waals surface area (Å²) < 4.78 is 13.5. The Labute approximate surface area is 184 Å². The van der Waals surface area contributed by atoms with Gasteiger partial charge >= 0.3 is 5.97 Å². The summed E-state index contributed by atoms with van der Waals surface area (Å²) in [6.07, 6.45) is 0. The Balaban J connectivity index is 1.77. The zero-order valence-electron chi connectivity index (χ0n) is 15.1. The van der Waals surface area contributed by atoms with Gasteiger partial charge in [0.15, 0.2) is 0 Å². The van der Waals surface area contributed by atoms with Crippen molar-refractivity contribution in [3.63, 3.8) is 0 Å². The largest absolute Gasteiger partial charge is 0.480 e. The van der Waals surface area contributed by atoms with Crippen LogP contribution in [0, 0.1) is 5.82 Å². The van der Waals surface area contributed by atoms with E-state index in [-0.39, 0.29) is 26.4 Å². The Morgan fingerprint density at radius 1 is 1.13 bits per heavy atom. The van der Waals surface area contributed by atoms with Crippen molar-refractivity contribution in [1.82, 2.24) is 4.90 Å². The van der Waals surface area contributed by atoms with Crippen molar-refractivity contribution < 1.29 is 23.9 Å². The fourth-order valence-corrected chi connectivity index (χ4v) is 4.85. The van der Waals surface area contributed by atoms with Crippen LogP contribution in [0.2, 0.25) is 5.02 Å². The minimum Gasteiger partial charge on any atom is -0.480 e. The average molecular weight is 463 g/mol. The lowest BCUT2D eigenvalue weighted by molar-refractivity contribution is -0.140. The first-order valence-electron chi connectivity index (χ1n) is 8.63. The van der Waals surface area contributed by atoms with Crippen molar-refractivity contribution in [1.29, 1.82) is 0 Å². The number of benzene rings is 2. The highest BCUT2D eigenvalue weighted by molar-refractivity contribution is 8.26. The molecule has 0 aliphatic carbocycles. The molecule has 0 unspecified atom stereocenters. The molecule has 1 saturated heterocycles. The lowest BCUT2D eigenvalue weighted by Crippen LogP contribution is -2.33. The number of nitrogens with zero attached hydrogens (tertiary/aromatic N) is 2. The van der Waals surface area contributed by atoms with Crippen molar-refractivity contribution in [3.05, 3.63) is 69.3 Å². The third kappa shape index (κ3) is 3.49. The molecule has 10 heteroatoms. The first-order valence-corrected chi connectivity index (χ1v) is 10.2. The zero-order valence-corrected chi connectivity index (χ0v) is 17.5. The number of para-hydroxylation sites is 1. The van der Waals surface area contributed by atoms with Crippen molar-refractivity contribution in [3.8, 4) is 0 Å². The minimum atomic E-state index is -1.21. The molecule has 0 bridgehead atoms. The monoisotopic (exact) mass is 462 g/mol. The minimum absolute atomic E-state index is 0.0773. The summed E-state index contributed by atoms with van der Waals surface area (Å²) in [7, 11) is 0. The van der Waals surface area contributed by atoms with Crippen LogP contribution in [-0.2, 0) is 20.9 Å². The van der Waals surface area contributed by atoms with Crippen molar-refractivity contribution in [2.45, 2.75) is 6.54 Å². The number of hydrogen-bond acceptors (Lipinski definition) is 5. The number of rotatable bonds is 4. The zero-order chi connectivity index (χ0) is 21.6. The first-order chi connectivity index (χ1) is 14.3. The van der Waals surface area contributed by atoms with Gasteiger partial charge in [0.25, 0.3) is 11.8 Å². The molecule has 0 atom stereocenters. The molecule has 0 saturated carbocycles. The van der Waals surface area contributed by atoms with Gasteiger partial charge in [0.05, 0.1) is 22.7 Å². The van der Waals surface area contributed by atoms with Crippen LogP contribution in [0.5, 0.6) is 0 Å². The number of halogens is 2. The number of amides is 2. The van der Waals surface area contributed by atoms with E-state index >= 15 is 0 Å².